The summed E-state index contributed by atoms with van der Waals surface area (Å²) in [6.45, 7) is 4.57. The second-order valence-corrected chi connectivity index (χ2v) is 6.65. The first-order valence-electron chi connectivity index (χ1n) is 8.50. The van der Waals surface area contributed by atoms with E-state index in [0.29, 0.717) is 5.92 Å². The molecule has 1 aromatic carbocycles. The fourth-order valence-corrected chi connectivity index (χ4v) is 3.58. The largest absolute Gasteiger partial charge is 0.464 e. The number of furan rings is 1. The molecule has 3 aromatic rings. The van der Waals surface area contributed by atoms with Gasteiger partial charge in [0.1, 0.15) is 5.58 Å². The summed E-state index contributed by atoms with van der Waals surface area (Å²) in [5.74, 6) is 0.490. The Balaban J connectivity index is 1.47. The minimum absolute atomic E-state index is 0.490. The third-order valence-electron chi connectivity index (χ3n) is 4.68. The summed E-state index contributed by atoms with van der Waals surface area (Å²) in [6, 6.07) is 8.37. The van der Waals surface area contributed by atoms with Crippen molar-refractivity contribution in [3.05, 3.63) is 54.0 Å². The number of fused-ring (bicyclic) bond motifs is 1. The number of aryl methyl sites for hydroxylation is 1. The van der Waals surface area contributed by atoms with Crippen LogP contribution in [0, 0.1) is 5.92 Å². The smallest absolute Gasteiger partial charge is 0.134 e. The zero-order valence-corrected chi connectivity index (χ0v) is 14.0. The van der Waals surface area contributed by atoms with Crippen LogP contribution in [0.5, 0.6) is 0 Å². The van der Waals surface area contributed by atoms with Crippen LogP contribution >= 0.6 is 0 Å². The van der Waals surface area contributed by atoms with Gasteiger partial charge in [0.15, 0.2) is 0 Å². The third kappa shape index (κ3) is 3.37. The van der Waals surface area contributed by atoms with Crippen LogP contribution in [-0.4, -0.2) is 41.0 Å². The topological polar surface area (TPSA) is 43.4 Å². The summed E-state index contributed by atoms with van der Waals surface area (Å²) in [7, 11) is 1.96. The molecule has 0 radical (unpaired) electrons. The second-order valence-electron chi connectivity index (χ2n) is 6.65. The van der Waals surface area contributed by atoms with Gasteiger partial charge in [0.2, 0.25) is 0 Å². The van der Waals surface area contributed by atoms with E-state index in [-0.39, 0.29) is 0 Å². The number of benzene rings is 1. The highest BCUT2D eigenvalue weighted by Gasteiger charge is 2.20. The Kier molecular flexibility index (Phi) is 4.36. The van der Waals surface area contributed by atoms with Gasteiger partial charge < -0.3 is 9.15 Å². The van der Waals surface area contributed by atoms with Crippen LogP contribution in [0.4, 0.5) is 0 Å². The van der Waals surface area contributed by atoms with Gasteiger partial charge in [0, 0.05) is 43.8 Å². The molecule has 4 rings (SSSR count). The molecule has 3 heterocycles. The maximum atomic E-state index is 5.86. The number of hydrogen-bond acceptors (Lipinski definition) is 4. The van der Waals surface area contributed by atoms with Crippen LogP contribution in [0.1, 0.15) is 11.1 Å². The molecule has 0 saturated carbocycles. The van der Waals surface area contributed by atoms with Crippen LogP contribution in [0.25, 0.3) is 11.0 Å². The fraction of sp³-hybridized carbons (Fsp3) is 0.421. The molecule has 0 bridgehead atoms. The van der Waals surface area contributed by atoms with Crippen molar-refractivity contribution in [1.29, 1.82) is 0 Å². The van der Waals surface area contributed by atoms with Crippen molar-refractivity contribution in [2.24, 2.45) is 13.0 Å². The quantitative estimate of drug-likeness (QED) is 0.740. The molecule has 1 fully saturated rings. The van der Waals surface area contributed by atoms with Gasteiger partial charge >= 0.3 is 0 Å². The van der Waals surface area contributed by atoms with Crippen molar-refractivity contribution < 1.29 is 9.15 Å². The highest BCUT2D eigenvalue weighted by atomic mass is 16.5. The molecule has 5 heteroatoms. The Bertz CT molecular complexity index is 808. The van der Waals surface area contributed by atoms with Gasteiger partial charge in [0.25, 0.3) is 0 Å². The molecule has 0 N–H and O–H groups in total. The normalized spacial score (nSPS) is 19.6. The zero-order chi connectivity index (χ0) is 16.4. The Hall–Kier alpha value is -2.11. The molecule has 1 atom stereocenters. The molecule has 0 unspecified atom stereocenters. The average Bonchev–Trinajstić information content (AvgIpc) is 3.15. The molecule has 0 amide bonds. The molecular formula is C19H23N3O2. The van der Waals surface area contributed by atoms with E-state index in [0.717, 1.165) is 44.9 Å². The highest BCUT2D eigenvalue weighted by Crippen LogP contribution is 2.24. The van der Waals surface area contributed by atoms with Gasteiger partial charge in [-0.15, -0.1) is 0 Å². The molecule has 1 aliphatic rings. The number of hydrogen-bond donors (Lipinski definition) is 0. The van der Waals surface area contributed by atoms with E-state index >= 15 is 0 Å². The summed E-state index contributed by atoms with van der Waals surface area (Å²) < 4.78 is 13.2. The Labute approximate surface area is 141 Å². The second kappa shape index (κ2) is 6.79. The molecule has 126 valence electrons. The first-order chi connectivity index (χ1) is 11.8. The summed E-state index contributed by atoms with van der Waals surface area (Å²) in [6.07, 6.45) is 6.83. The minimum atomic E-state index is 0.490. The van der Waals surface area contributed by atoms with Crippen molar-refractivity contribution in [2.45, 2.75) is 13.0 Å². The van der Waals surface area contributed by atoms with Crippen LogP contribution < -0.4 is 0 Å². The predicted octanol–water partition coefficient (Wildman–Crippen LogP) is 2.86. The van der Waals surface area contributed by atoms with Gasteiger partial charge in [-0.2, -0.15) is 5.10 Å². The maximum absolute atomic E-state index is 5.86. The van der Waals surface area contributed by atoms with E-state index in [1.54, 1.807) is 6.26 Å². The lowest BCUT2D eigenvalue weighted by Gasteiger charge is -2.23. The van der Waals surface area contributed by atoms with Crippen molar-refractivity contribution >= 4 is 11.0 Å². The van der Waals surface area contributed by atoms with Crippen LogP contribution in [0.3, 0.4) is 0 Å². The fourth-order valence-electron chi connectivity index (χ4n) is 3.58. The third-order valence-corrected chi connectivity index (χ3v) is 4.68. The molecule has 24 heavy (non-hydrogen) atoms. The Morgan fingerprint density at radius 3 is 3.12 bits per heavy atom. The number of aromatic nitrogens is 2. The van der Waals surface area contributed by atoms with E-state index in [2.05, 4.69) is 34.4 Å². The molecule has 0 aliphatic carbocycles. The van der Waals surface area contributed by atoms with Gasteiger partial charge in [-0.05, 0) is 30.0 Å². The molecule has 2 aromatic heterocycles. The Morgan fingerprint density at radius 2 is 2.25 bits per heavy atom. The summed E-state index contributed by atoms with van der Waals surface area (Å²) >= 11 is 0. The van der Waals surface area contributed by atoms with E-state index in [4.69, 9.17) is 9.15 Å². The standard InChI is InChI=1S/C19H23N3O2/c1-21-11-16(10-20-21)13-22-6-8-23-14-15(12-22)9-17-3-2-4-19-18(17)5-7-24-19/h2-5,7,10-11,15H,6,8-9,12-14H2,1H3/t15-/m1/s1. The highest BCUT2D eigenvalue weighted by molar-refractivity contribution is 5.80. The lowest BCUT2D eigenvalue weighted by Crippen LogP contribution is -2.30. The summed E-state index contributed by atoms with van der Waals surface area (Å²) in [5, 5.41) is 5.49. The van der Waals surface area contributed by atoms with Crippen LogP contribution in [0.15, 0.2) is 47.3 Å². The number of rotatable bonds is 4. The predicted molar refractivity (Wildman–Crippen MR) is 92.7 cm³/mol. The number of ether oxygens (including phenoxy) is 1. The minimum Gasteiger partial charge on any atom is -0.464 e. The first-order valence-corrected chi connectivity index (χ1v) is 8.50. The molecule has 5 nitrogen and oxygen atoms in total. The molecular weight excluding hydrogens is 302 g/mol. The van der Waals surface area contributed by atoms with Gasteiger partial charge in [-0.25, -0.2) is 0 Å². The average molecular weight is 325 g/mol. The van der Waals surface area contributed by atoms with Gasteiger partial charge in [0.05, 0.1) is 25.7 Å². The van der Waals surface area contributed by atoms with Crippen molar-refractivity contribution in [2.75, 3.05) is 26.3 Å². The van der Waals surface area contributed by atoms with E-state index in [1.165, 1.54) is 16.5 Å². The monoisotopic (exact) mass is 325 g/mol. The molecule has 1 aliphatic heterocycles. The van der Waals surface area contributed by atoms with E-state index < -0.39 is 0 Å². The maximum Gasteiger partial charge on any atom is 0.134 e. The lowest BCUT2D eigenvalue weighted by atomic mass is 9.97. The van der Waals surface area contributed by atoms with E-state index in [9.17, 15) is 0 Å². The van der Waals surface area contributed by atoms with Crippen LogP contribution in [-0.2, 0) is 24.8 Å². The summed E-state index contributed by atoms with van der Waals surface area (Å²) in [5.41, 5.74) is 3.57. The zero-order valence-electron chi connectivity index (χ0n) is 14.0. The van der Waals surface area contributed by atoms with E-state index in [1.807, 2.05) is 24.0 Å². The number of nitrogens with zero attached hydrogens (tertiary/aromatic N) is 3. The molecule has 1 saturated heterocycles. The van der Waals surface area contributed by atoms with Gasteiger partial charge in [-0.3, -0.25) is 9.58 Å². The van der Waals surface area contributed by atoms with Crippen molar-refractivity contribution in [1.82, 2.24) is 14.7 Å². The summed E-state index contributed by atoms with van der Waals surface area (Å²) in [4.78, 5) is 2.48. The lowest BCUT2D eigenvalue weighted by molar-refractivity contribution is 0.122. The van der Waals surface area contributed by atoms with Crippen LogP contribution in [0.2, 0.25) is 0 Å². The first kappa shape index (κ1) is 15.4. The molecule has 0 spiro atoms. The van der Waals surface area contributed by atoms with Crippen molar-refractivity contribution in [3.8, 4) is 0 Å². The van der Waals surface area contributed by atoms with Gasteiger partial charge in [-0.1, -0.05) is 12.1 Å². The van der Waals surface area contributed by atoms with Crippen molar-refractivity contribution in [3.63, 3.8) is 0 Å². The Morgan fingerprint density at radius 1 is 1.29 bits per heavy atom. The SMILES string of the molecule is Cn1cc(CN2CCOC[C@H](Cc3cccc4occc34)C2)cn1.